The number of H-pyrrole nitrogens is 1. The average molecular weight is 304 g/mol. The molecule has 0 spiro atoms. The highest BCUT2D eigenvalue weighted by atomic mass is 16.3. The van der Waals surface area contributed by atoms with Crippen LogP contribution in [0.4, 0.5) is 5.95 Å². The molecule has 2 aromatic heterocycles. The zero-order valence-corrected chi connectivity index (χ0v) is 11.9. The van der Waals surface area contributed by atoms with E-state index >= 15 is 0 Å². The fourth-order valence-corrected chi connectivity index (χ4v) is 2.32. The van der Waals surface area contributed by atoms with Crippen LogP contribution in [0.5, 0.6) is 5.75 Å². The number of phenols is 1. The first kappa shape index (κ1) is 13.2. The predicted octanol–water partition coefficient (Wildman–Crippen LogP) is 2.66. The van der Waals surface area contributed by atoms with E-state index in [4.69, 9.17) is 0 Å². The van der Waals surface area contributed by atoms with Gasteiger partial charge in [-0.1, -0.05) is 30.3 Å². The Morgan fingerprint density at radius 1 is 1.04 bits per heavy atom. The van der Waals surface area contributed by atoms with Crippen molar-refractivity contribution in [3.63, 3.8) is 0 Å². The number of rotatable bonds is 3. The van der Waals surface area contributed by atoms with Crippen LogP contribution in [0, 0.1) is 0 Å². The molecule has 0 saturated heterocycles. The van der Waals surface area contributed by atoms with Crippen LogP contribution in [0.2, 0.25) is 0 Å². The molecule has 0 aliphatic carbocycles. The van der Waals surface area contributed by atoms with Crippen LogP contribution < -0.4 is 5.43 Å². The molecule has 2 aromatic carbocycles. The molecule has 2 heterocycles. The van der Waals surface area contributed by atoms with Gasteiger partial charge in [-0.25, -0.2) is 5.43 Å². The molecule has 0 atom stereocenters. The van der Waals surface area contributed by atoms with Gasteiger partial charge in [0, 0.05) is 16.5 Å². The number of para-hydroxylation sites is 2. The number of hydrazone groups is 1. The quantitative estimate of drug-likeness (QED) is 0.399. The van der Waals surface area contributed by atoms with Gasteiger partial charge in [0.25, 0.3) is 5.95 Å². The zero-order valence-electron chi connectivity index (χ0n) is 11.9. The minimum Gasteiger partial charge on any atom is -0.507 e. The van der Waals surface area contributed by atoms with Crippen LogP contribution in [0.25, 0.3) is 22.1 Å². The lowest BCUT2D eigenvalue weighted by molar-refractivity contribution is 0.474. The van der Waals surface area contributed by atoms with Crippen molar-refractivity contribution in [2.45, 2.75) is 0 Å². The Morgan fingerprint density at radius 3 is 2.78 bits per heavy atom. The SMILES string of the molecule is Oc1ccccc1C=NNc1nnc2c(n1)[nH]c1ccccc12. The van der Waals surface area contributed by atoms with Gasteiger partial charge in [-0.05, 0) is 18.2 Å². The molecule has 4 rings (SSSR count). The molecule has 4 aromatic rings. The maximum Gasteiger partial charge on any atom is 0.265 e. The average Bonchev–Trinajstić information content (AvgIpc) is 2.94. The monoisotopic (exact) mass is 304 g/mol. The van der Waals surface area contributed by atoms with Crippen molar-refractivity contribution in [2.75, 3.05) is 5.43 Å². The summed E-state index contributed by atoms with van der Waals surface area (Å²) in [6.07, 6.45) is 1.49. The minimum absolute atomic E-state index is 0.156. The largest absolute Gasteiger partial charge is 0.507 e. The molecule has 0 amide bonds. The number of benzene rings is 2. The van der Waals surface area contributed by atoms with Gasteiger partial charge in [-0.3, -0.25) is 0 Å². The van der Waals surface area contributed by atoms with E-state index in [1.807, 2.05) is 30.3 Å². The highest BCUT2D eigenvalue weighted by molar-refractivity contribution is 6.03. The molecule has 7 heteroatoms. The number of aromatic amines is 1. The first-order valence-corrected chi connectivity index (χ1v) is 6.99. The first-order chi connectivity index (χ1) is 11.3. The fourth-order valence-electron chi connectivity index (χ4n) is 2.32. The summed E-state index contributed by atoms with van der Waals surface area (Å²) in [5, 5.41) is 22.9. The molecule has 3 N–H and O–H groups in total. The summed E-state index contributed by atoms with van der Waals surface area (Å²) in [4.78, 5) is 7.54. The number of aromatic hydroxyl groups is 1. The third-order valence-corrected chi connectivity index (χ3v) is 3.43. The van der Waals surface area contributed by atoms with E-state index in [1.54, 1.807) is 18.2 Å². The molecule has 7 nitrogen and oxygen atoms in total. The van der Waals surface area contributed by atoms with Gasteiger partial charge >= 0.3 is 0 Å². The maximum absolute atomic E-state index is 9.66. The topological polar surface area (TPSA) is 99.1 Å². The Labute approximate surface area is 130 Å². The van der Waals surface area contributed by atoms with Crippen molar-refractivity contribution in [3.05, 3.63) is 54.1 Å². The van der Waals surface area contributed by atoms with Gasteiger partial charge in [0.1, 0.15) is 11.3 Å². The summed E-state index contributed by atoms with van der Waals surface area (Å²) in [5.41, 5.74) is 5.62. The summed E-state index contributed by atoms with van der Waals surface area (Å²) in [6.45, 7) is 0. The van der Waals surface area contributed by atoms with Crippen LogP contribution >= 0.6 is 0 Å². The van der Waals surface area contributed by atoms with Gasteiger partial charge < -0.3 is 10.1 Å². The molecule has 0 radical (unpaired) electrons. The normalized spacial score (nSPS) is 11.5. The minimum atomic E-state index is 0.156. The summed E-state index contributed by atoms with van der Waals surface area (Å²) >= 11 is 0. The summed E-state index contributed by atoms with van der Waals surface area (Å²) in [5.74, 6) is 0.430. The Hall–Kier alpha value is -3.48. The lowest BCUT2D eigenvalue weighted by atomic mass is 10.2. The van der Waals surface area contributed by atoms with Gasteiger partial charge in [-0.2, -0.15) is 10.1 Å². The molecular weight excluding hydrogens is 292 g/mol. The van der Waals surface area contributed by atoms with E-state index in [-0.39, 0.29) is 11.7 Å². The lowest BCUT2D eigenvalue weighted by Gasteiger charge is -1.98. The van der Waals surface area contributed by atoms with Gasteiger partial charge in [0.2, 0.25) is 0 Å². The van der Waals surface area contributed by atoms with Crippen molar-refractivity contribution in [2.24, 2.45) is 5.10 Å². The predicted molar refractivity (Wildman–Crippen MR) is 88.5 cm³/mol. The highest BCUT2D eigenvalue weighted by Gasteiger charge is 2.07. The van der Waals surface area contributed by atoms with Gasteiger partial charge in [0.15, 0.2) is 5.65 Å². The number of hydrogen-bond donors (Lipinski definition) is 3. The van der Waals surface area contributed by atoms with Crippen LogP contribution in [-0.4, -0.2) is 31.5 Å². The first-order valence-electron chi connectivity index (χ1n) is 6.99. The molecule has 0 aliphatic rings. The number of nitrogens with one attached hydrogen (secondary N) is 2. The van der Waals surface area contributed by atoms with Crippen LogP contribution in [0.15, 0.2) is 53.6 Å². The molecule has 0 fully saturated rings. The van der Waals surface area contributed by atoms with E-state index in [9.17, 15) is 5.11 Å². The molecular formula is C16H12N6O. The lowest BCUT2D eigenvalue weighted by Crippen LogP contribution is -1.99. The van der Waals surface area contributed by atoms with Gasteiger partial charge in [-0.15, -0.1) is 10.2 Å². The molecule has 0 saturated carbocycles. The van der Waals surface area contributed by atoms with Crippen LogP contribution in [0.3, 0.4) is 0 Å². The van der Waals surface area contributed by atoms with E-state index < -0.39 is 0 Å². The Balaban J connectivity index is 1.62. The number of anilines is 1. The smallest absolute Gasteiger partial charge is 0.265 e. The summed E-state index contributed by atoms with van der Waals surface area (Å²) in [6, 6.07) is 14.7. The van der Waals surface area contributed by atoms with E-state index in [0.29, 0.717) is 11.2 Å². The van der Waals surface area contributed by atoms with Crippen molar-refractivity contribution in [1.82, 2.24) is 20.2 Å². The number of aromatic nitrogens is 4. The second-order valence-corrected chi connectivity index (χ2v) is 4.93. The third-order valence-electron chi connectivity index (χ3n) is 3.43. The standard InChI is InChI=1S/C16H12N6O/c23-13-8-4-1-5-10(13)9-17-21-16-19-15-14(20-22-16)11-6-2-3-7-12(11)18-15/h1-9,23H,(H2,18,19,21,22). The van der Waals surface area contributed by atoms with E-state index in [0.717, 1.165) is 16.4 Å². The van der Waals surface area contributed by atoms with Crippen LogP contribution in [0.1, 0.15) is 5.56 Å². The Morgan fingerprint density at radius 2 is 1.87 bits per heavy atom. The Kier molecular flexibility index (Phi) is 3.09. The molecule has 0 aliphatic heterocycles. The highest BCUT2D eigenvalue weighted by Crippen LogP contribution is 2.21. The number of phenolic OH excluding ortho intramolecular Hbond substituents is 1. The number of hydrogen-bond acceptors (Lipinski definition) is 6. The second kappa shape index (κ2) is 5.38. The third kappa shape index (κ3) is 2.44. The van der Waals surface area contributed by atoms with Crippen molar-refractivity contribution in [1.29, 1.82) is 0 Å². The van der Waals surface area contributed by atoms with E-state index in [1.165, 1.54) is 6.21 Å². The summed E-state index contributed by atoms with van der Waals surface area (Å²) in [7, 11) is 0. The van der Waals surface area contributed by atoms with Crippen molar-refractivity contribution < 1.29 is 5.11 Å². The maximum atomic E-state index is 9.66. The van der Waals surface area contributed by atoms with E-state index in [2.05, 4.69) is 30.7 Å². The number of fused-ring (bicyclic) bond motifs is 3. The van der Waals surface area contributed by atoms with Crippen molar-refractivity contribution in [3.8, 4) is 5.75 Å². The molecule has 0 bridgehead atoms. The van der Waals surface area contributed by atoms with Crippen LogP contribution in [-0.2, 0) is 0 Å². The second-order valence-electron chi connectivity index (χ2n) is 4.93. The van der Waals surface area contributed by atoms with Crippen molar-refractivity contribution >= 4 is 34.2 Å². The molecule has 0 unspecified atom stereocenters. The Bertz CT molecular complexity index is 1020. The molecule has 23 heavy (non-hydrogen) atoms. The summed E-state index contributed by atoms with van der Waals surface area (Å²) < 4.78 is 0. The molecule has 112 valence electrons. The fraction of sp³-hybridized carbons (Fsp3) is 0. The number of nitrogens with zero attached hydrogens (tertiary/aromatic N) is 4. The van der Waals surface area contributed by atoms with Gasteiger partial charge in [0.05, 0.1) is 6.21 Å². The zero-order chi connectivity index (χ0) is 15.6.